The Bertz CT molecular complexity index is 370. The molecule has 0 fully saturated rings. The van der Waals surface area contributed by atoms with Crippen molar-refractivity contribution in [3.8, 4) is 0 Å². The topological polar surface area (TPSA) is 38.3 Å². The van der Waals surface area contributed by atoms with Gasteiger partial charge in [0.1, 0.15) is 0 Å². The zero-order valence-electron chi connectivity index (χ0n) is 9.06. The number of nitrogens with one attached hydrogen (secondary N) is 1. The van der Waals surface area contributed by atoms with Crippen LogP contribution in [0.3, 0.4) is 0 Å². The third kappa shape index (κ3) is 3.58. The largest absolute Gasteiger partial charge is 0.359 e. The van der Waals surface area contributed by atoms with Crippen LogP contribution in [-0.4, -0.2) is 12.3 Å². The number of alkyl halides is 2. The lowest BCUT2D eigenvalue weighted by Crippen LogP contribution is -2.12. The van der Waals surface area contributed by atoms with Crippen molar-refractivity contribution in [3.05, 3.63) is 30.3 Å². The molecule has 1 atom stereocenters. The molecule has 90 valence electrons. The van der Waals surface area contributed by atoms with E-state index in [9.17, 15) is 13.3 Å². The van der Waals surface area contributed by atoms with Crippen molar-refractivity contribution in [2.75, 3.05) is 5.09 Å². The molecule has 6 heteroatoms. The fourth-order valence-corrected chi connectivity index (χ4v) is 2.50. The van der Waals surface area contributed by atoms with Crippen LogP contribution in [0.5, 0.6) is 0 Å². The Morgan fingerprint density at radius 2 is 1.81 bits per heavy atom. The maximum Gasteiger partial charge on any atom is 0.359 e. The second-order valence-electron chi connectivity index (χ2n) is 3.51. The summed E-state index contributed by atoms with van der Waals surface area (Å²) in [6.45, 7) is 3.11. The zero-order valence-corrected chi connectivity index (χ0v) is 9.96. The van der Waals surface area contributed by atoms with E-state index >= 15 is 0 Å². The van der Waals surface area contributed by atoms with E-state index in [-0.39, 0.29) is 0 Å². The van der Waals surface area contributed by atoms with Crippen LogP contribution in [0, 0.1) is 0 Å². The molecule has 1 N–H and O–H groups in total. The Morgan fingerprint density at radius 1 is 1.25 bits per heavy atom. The first-order valence-corrected chi connectivity index (χ1v) is 6.53. The SMILES string of the molecule is CC(C)OP(=O)(Nc1ccccc1)C(F)F. The second-order valence-corrected chi connectivity index (χ2v) is 5.53. The predicted molar refractivity (Wildman–Crippen MR) is 59.9 cm³/mol. The number of halogens is 2. The van der Waals surface area contributed by atoms with Crippen LogP contribution >= 0.6 is 7.52 Å². The summed E-state index contributed by atoms with van der Waals surface area (Å²) in [5, 5.41) is 2.27. The summed E-state index contributed by atoms with van der Waals surface area (Å²) in [5.41, 5.74) is 0.354. The van der Waals surface area contributed by atoms with Crippen LogP contribution in [0.4, 0.5) is 14.5 Å². The van der Waals surface area contributed by atoms with Crippen molar-refractivity contribution < 1.29 is 17.9 Å². The minimum Gasteiger partial charge on any atom is -0.311 e. The predicted octanol–water partition coefficient (Wildman–Crippen LogP) is 3.94. The Balaban J connectivity index is 2.84. The molecule has 0 amide bonds. The molecular formula is C10H14F2NO2P. The molecule has 0 bridgehead atoms. The van der Waals surface area contributed by atoms with Gasteiger partial charge >= 0.3 is 13.7 Å². The van der Waals surface area contributed by atoms with Crippen molar-refractivity contribution >= 4 is 13.2 Å². The van der Waals surface area contributed by atoms with Gasteiger partial charge in [-0.25, -0.2) is 0 Å². The van der Waals surface area contributed by atoms with Gasteiger partial charge in [0.15, 0.2) is 0 Å². The number of hydrogen-bond donors (Lipinski definition) is 1. The number of para-hydroxylation sites is 1. The Labute approximate surface area is 93.3 Å². The van der Waals surface area contributed by atoms with E-state index in [1.54, 1.807) is 44.2 Å². The van der Waals surface area contributed by atoms with Crippen LogP contribution in [0.25, 0.3) is 0 Å². The molecule has 0 aliphatic carbocycles. The molecule has 0 saturated heterocycles. The molecular weight excluding hydrogens is 235 g/mol. The highest BCUT2D eigenvalue weighted by Gasteiger charge is 2.36. The van der Waals surface area contributed by atoms with E-state index < -0.39 is 19.8 Å². The van der Waals surface area contributed by atoms with Crippen LogP contribution in [0.1, 0.15) is 13.8 Å². The average Bonchev–Trinajstić information content (AvgIpc) is 2.17. The van der Waals surface area contributed by atoms with Gasteiger partial charge in [0.05, 0.1) is 6.10 Å². The lowest BCUT2D eigenvalue weighted by atomic mass is 10.3. The summed E-state index contributed by atoms with van der Waals surface area (Å²) in [4.78, 5) is 0. The maximum atomic E-state index is 12.7. The Kier molecular flexibility index (Phi) is 4.44. The summed E-state index contributed by atoms with van der Waals surface area (Å²) >= 11 is 0. The molecule has 3 nitrogen and oxygen atoms in total. The van der Waals surface area contributed by atoms with Crippen LogP contribution in [0.15, 0.2) is 30.3 Å². The lowest BCUT2D eigenvalue weighted by Gasteiger charge is -2.21. The molecule has 0 aliphatic rings. The van der Waals surface area contributed by atoms with Gasteiger partial charge in [-0.2, -0.15) is 8.78 Å². The highest BCUT2D eigenvalue weighted by atomic mass is 31.2. The van der Waals surface area contributed by atoms with E-state index in [0.29, 0.717) is 5.69 Å². The molecule has 0 saturated carbocycles. The molecule has 1 unspecified atom stereocenters. The molecule has 1 rings (SSSR count). The fraction of sp³-hybridized carbons (Fsp3) is 0.400. The molecule has 0 aliphatic heterocycles. The number of rotatable bonds is 5. The quantitative estimate of drug-likeness (QED) is 0.803. The summed E-state index contributed by atoms with van der Waals surface area (Å²) in [7, 11) is -4.15. The van der Waals surface area contributed by atoms with Crippen molar-refractivity contribution in [1.82, 2.24) is 0 Å². The molecule has 1 aromatic rings. The first-order chi connectivity index (χ1) is 7.44. The van der Waals surface area contributed by atoms with Crippen molar-refractivity contribution in [2.45, 2.75) is 26.1 Å². The molecule has 0 spiro atoms. The standard InChI is InChI=1S/C10H14F2NO2P/c1-8(2)15-16(14,10(11)12)13-9-6-4-3-5-7-9/h3-8,10H,1-2H3,(H,13,14). The third-order valence-corrected chi connectivity index (χ3v) is 3.50. The summed E-state index contributed by atoms with van der Waals surface area (Å²) < 4.78 is 42.0. The molecule has 0 heterocycles. The summed E-state index contributed by atoms with van der Waals surface area (Å²) in [6.07, 6.45) is -3.58. The van der Waals surface area contributed by atoms with Crippen LogP contribution < -0.4 is 5.09 Å². The number of anilines is 1. The third-order valence-electron chi connectivity index (χ3n) is 1.68. The normalized spacial score (nSPS) is 15.1. The van der Waals surface area contributed by atoms with Crippen LogP contribution in [-0.2, 0) is 9.09 Å². The monoisotopic (exact) mass is 249 g/mol. The second kappa shape index (κ2) is 5.41. The number of benzene rings is 1. The fourth-order valence-electron chi connectivity index (χ4n) is 1.13. The minimum absolute atomic E-state index is 0.354. The van der Waals surface area contributed by atoms with Crippen LogP contribution in [0.2, 0.25) is 0 Å². The first kappa shape index (κ1) is 13.1. The smallest absolute Gasteiger partial charge is 0.311 e. The molecule has 0 radical (unpaired) electrons. The molecule has 1 aromatic carbocycles. The Morgan fingerprint density at radius 3 is 2.25 bits per heavy atom. The zero-order chi connectivity index (χ0) is 12.2. The maximum absolute atomic E-state index is 12.7. The molecule has 0 aromatic heterocycles. The van der Waals surface area contributed by atoms with Gasteiger partial charge in [0.25, 0.3) is 0 Å². The van der Waals surface area contributed by atoms with E-state index in [4.69, 9.17) is 4.52 Å². The summed E-state index contributed by atoms with van der Waals surface area (Å²) in [5.74, 6) is 0. The Hall–Kier alpha value is -0.930. The average molecular weight is 249 g/mol. The highest BCUT2D eigenvalue weighted by molar-refractivity contribution is 7.60. The number of hydrogen-bond acceptors (Lipinski definition) is 2. The van der Waals surface area contributed by atoms with Gasteiger partial charge in [-0.3, -0.25) is 4.57 Å². The lowest BCUT2D eigenvalue weighted by molar-refractivity contribution is 0.171. The van der Waals surface area contributed by atoms with E-state index in [1.807, 2.05) is 0 Å². The molecule has 16 heavy (non-hydrogen) atoms. The van der Waals surface area contributed by atoms with Gasteiger partial charge in [-0.1, -0.05) is 18.2 Å². The van der Waals surface area contributed by atoms with E-state index in [2.05, 4.69) is 5.09 Å². The van der Waals surface area contributed by atoms with Gasteiger partial charge in [0, 0.05) is 5.69 Å². The van der Waals surface area contributed by atoms with Crippen molar-refractivity contribution in [2.24, 2.45) is 0 Å². The van der Waals surface area contributed by atoms with E-state index in [1.165, 1.54) is 0 Å². The summed E-state index contributed by atoms with van der Waals surface area (Å²) in [6, 6.07) is 8.17. The van der Waals surface area contributed by atoms with Gasteiger partial charge < -0.3 is 9.61 Å². The first-order valence-electron chi connectivity index (χ1n) is 4.83. The van der Waals surface area contributed by atoms with Crippen molar-refractivity contribution in [1.29, 1.82) is 0 Å². The van der Waals surface area contributed by atoms with Gasteiger partial charge in [-0.05, 0) is 26.0 Å². The van der Waals surface area contributed by atoms with Crippen molar-refractivity contribution in [3.63, 3.8) is 0 Å². The minimum atomic E-state index is -4.15. The van der Waals surface area contributed by atoms with Gasteiger partial charge in [0.2, 0.25) is 0 Å². The highest BCUT2D eigenvalue weighted by Crippen LogP contribution is 2.53. The van der Waals surface area contributed by atoms with Gasteiger partial charge in [-0.15, -0.1) is 0 Å². The van der Waals surface area contributed by atoms with E-state index in [0.717, 1.165) is 0 Å².